The number of hydrogen-bond donors (Lipinski definition) is 4. The minimum absolute atomic E-state index is 0.0215. The molecule has 5 atom stereocenters. The van der Waals surface area contributed by atoms with Gasteiger partial charge in [-0.15, -0.1) is 23.2 Å². The molecule has 1 aromatic carbocycles. The number of Topliss-reactive ketones (excluding diaryl/α,β-unsaturated/α-hetero) is 1. The molecule has 1 saturated carbocycles. The van der Waals surface area contributed by atoms with Crippen LogP contribution in [0.3, 0.4) is 0 Å². The number of amides is 5. The van der Waals surface area contributed by atoms with Gasteiger partial charge >= 0.3 is 12.0 Å². The monoisotopic (exact) mass is 735 g/mol. The van der Waals surface area contributed by atoms with E-state index in [9.17, 15) is 28.8 Å². The van der Waals surface area contributed by atoms with Crippen LogP contribution >= 0.6 is 23.2 Å². The third-order valence-corrected chi connectivity index (χ3v) is 10.5. The number of nitrogens with zero attached hydrogens (tertiary/aromatic N) is 1. The fourth-order valence-corrected chi connectivity index (χ4v) is 7.33. The van der Waals surface area contributed by atoms with Crippen LogP contribution in [0.2, 0.25) is 0 Å². The standard InChI is InChI=1S/C36H51Cl2N5O7/c1-35(2,3)28(33(48)50-36(4,5)6)42-34(49)41-26(22-15-20-12-7-8-13-21(20)16-22)32(47)43-18-23(29(37)38)17-25(43)31(46)40-24(27(44)30(39)45)14-19-10-9-11-19/h7-8,12-13,19,22-26,28-29H,9-11,14-18H2,1-6H3,(H2,39,45)(H,40,46)(H2,41,42,49)/t23-,24?,25+,26+,28-/m1/s1. The topological polar surface area (TPSA) is 177 Å². The number of nitrogens with one attached hydrogen (secondary N) is 3. The molecule has 1 aromatic rings. The fraction of sp³-hybridized carbons (Fsp3) is 0.667. The van der Waals surface area contributed by atoms with Crippen molar-refractivity contribution in [2.75, 3.05) is 6.54 Å². The number of benzene rings is 1. The van der Waals surface area contributed by atoms with Gasteiger partial charge in [-0.1, -0.05) is 64.3 Å². The average molecular weight is 737 g/mol. The van der Waals surface area contributed by atoms with E-state index in [-0.39, 0.29) is 31.2 Å². The van der Waals surface area contributed by atoms with E-state index in [1.54, 1.807) is 41.5 Å². The molecule has 1 unspecified atom stereocenters. The zero-order valence-corrected chi connectivity index (χ0v) is 31.2. The van der Waals surface area contributed by atoms with E-state index in [1.807, 2.05) is 24.3 Å². The van der Waals surface area contributed by atoms with Gasteiger partial charge < -0.3 is 31.3 Å². The Morgan fingerprint density at radius 3 is 2.00 bits per heavy atom. The van der Waals surface area contributed by atoms with E-state index >= 15 is 0 Å². The SMILES string of the molecule is CC(C)(C)OC(=O)[C@@H](NC(=O)N[C@H](C(=O)N1C[C@H](C(Cl)Cl)C[C@H]1C(=O)NC(CC1CCC1)C(=O)C(N)=O)C1Cc2ccccc2C1)C(C)(C)C. The first kappa shape index (κ1) is 39.4. The first-order valence-corrected chi connectivity index (χ1v) is 18.2. The molecule has 1 saturated heterocycles. The number of primary amides is 1. The van der Waals surface area contributed by atoms with Crippen molar-refractivity contribution in [1.82, 2.24) is 20.9 Å². The smallest absolute Gasteiger partial charge is 0.329 e. The second kappa shape index (κ2) is 15.9. The van der Waals surface area contributed by atoms with Crippen LogP contribution in [-0.4, -0.2) is 81.6 Å². The number of halogens is 2. The second-order valence-corrected chi connectivity index (χ2v) is 17.2. The van der Waals surface area contributed by atoms with Gasteiger partial charge in [0.05, 0.1) is 6.04 Å². The molecular formula is C36H51Cl2N5O7. The lowest BCUT2D eigenvalue weighted by molar-refractivity contribution is -0.160. The third-order valence-electron chi connectivity index (χ3n) is 9.84. The highest BCUT2D eigenvalue weighted by molar-refractivity contribution is 6.44. The molecular weight excluding hydrogens is 685 g/mol. The average Bonchev–Trinajstić information content (AvgIpc) is 3.63. The molecule has 14 heteroatoms. The maximum absolute atomic E-state index is 14.7. The van der Waals surface area contributed by atoms with E-state index in [0.29, 0.717) is 12.8 Å². The largest absolute Gasteiger partial charge is 0.458 e. The Balaban J connectivity index is 1.62. The first-order chi connectivity index (χ1) is 23.2. The van der Waals surface area contributed by atoms with Crippen LogP contribution in [0.4, 0.5) is 4.79 Å². The normalized spacial score (nSPS) is 21.4. The maximum Gasteiger partial charge on any atom is 0.329 e. The van der Waals surface area contributed by atoms with E-state index in [4.69, 9.17) is 33.7 Å². The number of carbonyl (C=O) groups is 6. The predicted octanol–water partition coefficient (Wildman–Crippen LogP) is 3.58. The number of ether oxygens (including phenoxy) is 1. The van der Waals surface area contributed by atoms with Crippen LogP contribution in [0, 0.1) is 23.2 Å². The summed E-state index contributed by atoms with van der Waals surface area (Å²) in [6, 6.07) is 2.64. The summed E-state index contributed by atoms with van der Waals surface area (Å²) >= 11 is 12.6. The molecule has 2 fully saturated rings. The van der Waals surface area contributed by atoms with E-state index in [1.165, 1.54) is 4.90 Å². The number of urea groups is 1. The van der Waals surface area contributed by atoms with Gasteiger partial charge in [0.25, 0.3) is 5.91 Å². The van der Waals surface area contributed by atoms with Gasteiger partial charge in [-0.2, -0.15) is 0 Å². The minimum atomic E-state index is -1.15. The molecule has 5 amide bonds. The molecule has 0 aromatic heterocycles. The Kier molecular flexibility index (Phi) is 12.5. The van der Waals surface area contributed by atoms with Gasteiger partial charge in [0.2, 0.25) is 17.6 Å². The summed E-state index contributed by atoms with van der Waals surface area (Å²) in [5.74, 6) is -4.53. The maximum atomic E-state index is 14.7. The molecule has 1 heterocycles. The zero-order chi connectivity index (χ0) is 37.1. The van der Waals surface area contributed by atoms with Crippen molar-refractivity contribution in [2.24, 2.45) is 28.9 Å². The lowest BCUT2D eigenvalue weighted by Crippen LogP contribution is -2.61. The number of likely N-dealkylation sites (tertiary alicyclic amines) is 1. The van der Waals surface area contributed by atoms with Crippen molar-refractivity contribution in [1.29, 1.82) is 0 Å². The molecule has 276 valence electrons. The van der Waals surface area contributed by atoms with Crippen molar-refractivity contribution in [3.05, 3.63) is 35.4 Å². The van der Waals surface area contributed by atoms with Crippen molar-refractivity contribution >= 4 is 58.7 Å². The Bertz CT molecular complexity index is 1440. The highest BCUT2D eigenvalue weighted by Crippen LogP contribution is 2.35. The molecule has 2 aliphatic carbocycles. The minimum Gasteiger partial charge on any atom is -0.458 e. The van der Waals surface area contributed by atoms with Crippen molar-refractivity contribution in [3.63, 3.8) is 0 Å². The highest BCUT2D eigenvalue weighted by Gasteiger charge is 2.47. The number of fused-ring (bicyclic) bond motifs is 1. The number of alkyl halides is 2. The molecule has 0 spiro atoms. The summed E-state index contributed by atoms with van der Waals surface area (Å²) in [7, 11) is 0. The van der Waals surface area contributed by atoms with Crippen LogP contribution in [0.1, 0.15) is 84.8 Å². The van der Waals surface area contributed by atoms with Gasteiger partial charge in [-0.3, -0.25) is 19.2 Å². The van der Waals surface area contributed by atoms with Gasteiger partial charge in [0.1, 0.15) is 28.6 Å². The quantitative estimate of drug-likeness (QED) is 0.144. The van der Waals surface area contributed by atoms with Crippen LogP contribution < -0.4 is 21.7 Å². The number of hydrogen-bond acceptors (Lipinski definition) is 7. The van der Waals surface area contributed by atoms with Crippen LogP contribution in [0.5, 0.6) is 0 Å². The van der Waals surface area contributed by atoms with Crippen molar-refractivity contribution in [2.45, 2.75) is 121 Å². The molecule has 0 radical (unpaired) electrons. The van der Waals surface area contributed by atoms with Crippen LogP contribution in [0.25, 0.3) is 0 Å². The van der Waals surface area contributed by atoms with Gasteiger partial charge in [-0.05, 0) is 74.8 Å². The molecule has 1 aliphatic heterocycles. The zero-order valence-electron chi connectivity index (χ0n) is 29.7. The number of nitrogens with two attached hydrogens (primary N) is 1. The predicted molar refractivity (Wildman–Crippen MR) is 189 cm³/mol. The number of esters is 1. The molecule has 5 N–H and O–H groups in total. The van der Waals surface area contributed by atoms with Gasteiger partial charge in [0.15, 0.2) is 0 Å². The summed E-state index contributed by atoms with van der Waals surface area (Å²) in [4.78, 5) is 80.6. The van der Waals surface area contributed by atoms with Crippen molar-refractivity contribution in [3.8, 4) is 0 Å². The summed E-state index contributed by atoms with van der Waals surface area (Å²) in [6.45, 7) is 10.6. The number of ketones is 1. The van der Waals surface area contributed by atoms with Crippen LogP contribution in [0.15, 0.2) is 24.3 Å². The lowest BCUT2D eigenvalue weighted by atomic mass is 9.80. The van der Waals surface area contributed by atoms with Crippen molar-refractivity contribution < 1.29 is 33.5 Å². The molecule has 4 rings (SSSR count). The summed E-state index contributed by atoms with van der Waals surface area (Å²) in [5.41, 5.74) is 5.88. The van der Waals surface area contributed by atoms with Gasteiger partial charge in [-0.25, -0.2) is 9.59 Å². The second-order valence-electron chi connectivity index (χ2n) is 16.0. The Morgan fingerprint density at radius 2 is 1.52 bits per heavy atom. The highest BCUT2D eigenvalue weighted by atomic mass is 35.5. The summed E-state index contributed by atoms with van der Waals surface area (Å²) in [6.07, 6.45) is 4.08. The van der Waals surface area contributed by atoms with E-state index < -0.39 is 81.4 Å². The van der Waals surface area contributed by atoms with Crippen LogP contribution in [-0.2, 0) is 41.6 Å². The number of rotatable bonds is 12. The lowest BCUT2D eigenvalue weighted by Gasteiger charge is -2.35. The number of carbonyl (C=O) groups excluding carboxylic acids is 6. The molecule has 50 heavy (non-hydrogen) atoms. The molecule has 0 bridgehead atoms. The third kappa shape index (κ3) is 9.90. The van der Waals surface area contributed by atoms with Gasteiger partial charge in [0, 0.05) is 12.5 Å². The summed E-state index contributed by atoms with van der Waals surface area (Å²) in [5, 5.41) is 8.29. The Hall–Kier alpha value is -3.38. The van der Waals surface area contributed by atoms with E-state index in [0.717, 1.165) is 30.4 Å². The molecule has 3 aliphatic rings. The first-order valence-electron chi connectivity index (χ1n) is 17.3. The fourth-order valence-electron chi connectivity index (χ4n) is 6.97. The van der Waals surface area contributed by atoms with E-state index in [2.05, 4.69) is 16.0 Å². The molecule has 12 nitrogen and oxygen atoms in total. The Morgan fingerprint density at radius 1 is 0.920 bits per heavy atom. The Labute approximate surface area is 304 Å². The summed E-state index contributed by atoms with van der Waals surface area (Å²) < 4.78 is 5.60.